The number of carbonyl (C=O) groups excluding carboxylic acids is 1. The summed E-state index contributed by atoms with van der Waals surface area (Å²) >= 11 is 0. The first-order valence-electron chi connectivity index (χ1n) is 7.81. The van der Waals surface area contributed by atoms with Crippen LogP contribution in [0, 0.1) is 6.92 Å². The number of aryl methyl sites for hydroxylation is 1. The van der Waals surface area contributed by atoms with E-state index in [1.165, 1.54) is 0 Å². The molecule has 0 saturated carbocycles. The molecule has 0 aliphatic rings. The van der Waals surface area contributed by atoms with Crippen LogP contribution in [0.1, 0.15) is 28.8 Å². The van der Waals surface area contributed by atoms with Crippen LogP contribution >= 0.6 is 0 Å². The van der Waals surface area contributed by atoms with Gasteiger partial charge in [0.05, 0.1) is 19.4 Å². The molecule has 3 rings (SSSR count). The van der Waals surface area contributed by atoms with Gasteiger partial charge in [-0.15, -0.1) is 0 Å². The first kappa shape index (κ1) is 16.7. The molecule has 0 bridgehead atoms. The summed E-state index contributed by atoms with van der Waals surface area (Å²) in [7, 11) is 1.62. The Morgan fingerprint density at radius 2 is 2.08 bits per heavy atom. The van der Waals surface area contributed by atoms with Crippen LogP contribution in [0.3, 0.4) is 0 Å². The number of fused-ring (bicyclic) bond motifs is 1. The molecule has 1 aromatic carbocycles. The van der Waals surface area contributed by atoms with E-state index in [1.54, 1.807) is 21.0 Å². The van der Waals surface area contributed by atoms with Gasteiger partial charge in [0.15, 0.2) is 0 Å². The minimum Gasteiger partial charge on any atom is -0.496 e. The van der Waals surface area contributed by atoms with E-state index < -0.39 is 5.97 Å². The molecule has 0 aliphatic carbocycles. The Morgan fingerprint density at radius 3 is 2.84 bits per heavy atom. The van der Waals surface area contributed by atoms with E-state index in [9.17, 15) is 4.79 Å². The Morgan fingerprint density at radius 1 is 1.28 bits per heavy atom. The van der Waals surface area contributed by atoms with Crippen molar-refractivity contribution in [2.75, 3.05) is 19.0 Å². The van der Waals surface area contributed by atoms with E-state index in [2.05, 4.69) is 20.4 Å². The van der Waals surface area contributed by atoms with Crippen molar-refractivity contribution in [1.82, 2.24) is 15.1 Å². The van der Waals surface area contributed by atoms with Crippen molar-refractivity contribution in [2.45, 2.75) is 20.4 Å². The normalized spacial score (nSPS) is 10.7. The van der Waals surface area contributed by atoms with Gasteiger partial charge in [-0.1, -0.05) is 23.4 Å². The number of carbonyl (C=O) groups is 1. The van der Waals surface area contributed by atoms with Crippen molar-refractivity contribution in [3.05, 3.63) is 41.3 Å². The Balaban J connectivity index is 1.96. The SMILES string of the molecule is CCOC(=O)c1nc(NCc2ccccc2OC)c2c(C)noc2n1. The molecular weight excluding hydrogens is 324 g/mol. The number of para-hydroxylation sites is 1. The van der Waals surface area contributed by atoms with E-state index in [0.717, 1.165) is 11.3 Å². The van der Waals surface area contributed by atoms with Crippen LogP contribution in [0.15, 0.2) is 28.8 Å². The Labute approximate surface area is 144 Å². The Kier molecular flexibility index (Phi) is 4.78. The largest absolute Gasteiger partial charge is 0.496 e. The zero-order chi connectivity index (χ0) is 17.8. The molecular formula is C17H18N4O4. The first-order chi connectivity index (χ1) is 12.1. The fourth-order valence-corrected chi connectivity index (χ4v) is 2.43. The molecule has 0 aliphatic heterocycles. The summed E-state index contributed by atoms with van der Waals surface area (Å²) in [6.45, 7) is 4.19. The van der Waals surface area contributed by atoms with Gasteiger partial charge in [0, 0.05) is 12.1 Å². The summed E-state index contributed by atoms with van der Waals surface area (Å²) in [5.74, 6) is 0.525. The molecule has 0 amide bonds. The topological polar surface area (TPSA) is 99.4 Å². The molecule has 0 saturated heterocycles. The lowest BCUT2D eigenvalue weighted by Gasteiger charge is -2.11. The molecule has 8 nitrogen and oxygen atoms in total. The second-order valence-electron chi connectivity index (χ2n) is 5.23. The lowest BCUT2D eigenvalue weighted by atomic mass is 10.2. The van der Waals surface area contributed by atoms with Crippen LogP contribution < -0.4 is 10.1 Å². The van der Waals surface area contributed by atoms with E-state index in [0.29, 0.717) is 23.4 Å². The number of anilines is 1. The van der Waals surface area contributed by atoms with E-state index in [1.807, 2.05) is 24.3 Å². The first-order valence-corrected chi connectivity index (χ1v) is 7.81. The highest BCUT2D eigenvalue weighted by molar-refractivity contribution is 5.93. The lowest BCUT2D eigenvalue weighted by molar-refractivity contribution is 0.0512. The smallest absolute Gasteiger partial charge is 0.376 e. The number of benzene rings is 1. The van der Waals surface area contributed by atoms with E-state index >= 15 is 0 Å². The minimum atomic E-state index is -0.612. The van der Waals surface area contributed by atoms with Crippen LogP contribution in [0.2, 0.25) is 0 Å². The molecule has 3 aromatic rings. The highest BCUT2D eigenvalue weighted by Gasteiger charge is 2.19. The number of rotatable bonds is 6. The third-order valence-corrected chi connectivity index (χ3v) is 3.60. The van der Waals surface area contributed by atoms with Crippen molar-refractivity contribution in [3.63, 3.8) is 0 Å². The Bertz CT molecular complexity index is 907. The maximum absolute atomic E-state index is 12.0. The monoisotopic (exact) mass is 342 g/mol. The third kappa shape index (κ3) is 3.37. The van der Waals surface area contributed by atoms with Gasteiger partial charge < -0.3 is 19.3 Å². The number of aromatic nitrogens is 3. The number of esters is 1. The van der Waals surface area contributed by atoms with Gasteiger partial charge in [0.1, 0.15) is 17.0 Å². The summed E-state index contributed by atoms with van der Waals surface area (Å²) < 4.78 is 15.5. The van der Waals surface area contributed by atoms with Gasteiger partial charge in [0.25, 0.3) is 5.71 Å². The van der Waals surface area contributed by atoms with Crippen molar-refractivity contribution < 1.29 is 18.8 Å². The number of hydrogen-bond donors (Lipinski definition) is 1. The average Bonchev–Trinajstić information content (AvgIpc) is 3.01. The fourth-order valence-electron chi connectivity index (χ4n) is 2.43. The zero-order valence-corrected chi connectivity index (χ0v) is 14.2. The average molecular weight is 342 g/mol. The molecule has 2 heterocycles. The summed E-state index contributed by atoms with van der Waals surface area (Å²) in [5.41, 5.74) is 1.81. The predicted octanol–water partition coefficient (Wildman–Crippen LogP) is 2.72. The molecule has 1 N–H and O–H groups in total. The van der Waals surface area contributed by atoms with Crippen molar-refractivity contribution in [1.29, 1.82) is 0 Å². The number of hydrogen-bond acceptors (Lipinski definition) is 8. The van der Waals surface area contributed by atoms with Crippen molar-refractivity contribution in [3.8, 4) is 5.75 Å². The lowest BCUT2D eigenvalue weighted by Crippen LogP contribution is -2.12. The van der Waals surface area contributed by atoms with Crippen LogP contribution in [-0.2, 0) is 11.3 Å². The van der Waals surface area contributed by atoms with Gasteiger partial charge in [-0.05, 0) is 19.9 Å². The Hall–Kier alpha value is -3.16. The van der Waals surface area contributed by atoms with Gasteiger partial charge in [-0.3, -0.25) is 0 Å². The molecule has 0 atom stereocenters. The molecule has 2 aromatic heterocycles. The van der Waals surface area contributed by atoms with E-state index in [4.69, 9.17) is 14.0 Å². The van der Waals surface area contributed by atoms with Crippen LogP contribution in [0.4, 0.5) is 5.82 Å². The number of ether oxygens (including phenoxy) is 2. The molecule has 0 radical (unpaired) electrons. The standard InChI is InChI=1S/C17H18N4O4/c1-4-24-17(22)15-19-14(13-10(2)21-25-16(13)20-15)18-9-11-7-5-6-8-12(11)23-3/h5-8H,4,9H2,1-3H3,(H,18,19,20). The highest BCUT2D eigenvalue weighted by Crippen LogP contribution is 2.25. The summed E-state index contributed by atoms with van der Waals surface area (Å²) in [5, 5.41) is 7.73. The molecule has 8 heteroatoms. The predicted molar refractivity (Wildman–Crippen MR) is 90.6 cm³/mol. The molecule has 0 fully saturated rings. The van der Waals surface area contributed by atoms with Gasteiger partial charge in [-0.2, -0.15) is 4.98 Å². The molecule has 130 valence electrons. The minimum absolute atomic E-state index is 0.0759. The maximum atomic E-state index is 12.0. The van der Waals surface area contributed by atoms with Crippen molar-refractivity contribution >= 4 is 22.9 Å². The van der Waals surface area contributed by atoms with Gasteiger partial charge in [0.2, 0.25) is 5.82 Å². The second-order valence-corrected chi connectivity index (χ2v) is 5.23. The van der Waals surface area contributed by atoms with Crippen molar-refractivity contribution in [2.24, 2.45) is 0 Å². The van der Waals surface area contributed by atoms with E-state index in [-0.39, 0.29) is 18.1 Å². The molecule has 25 heavy (non-hydrogen) atoms. The van der Waals surface area contributed by atoms with Crippen LogP contribution in [-0.4, -0.2) is 34.8 Å². The fraction of sp³-hybridized carbons (Fsp3) is 0.294. The quantitative estimate of drug-likeness (QED) is 0.683. The summed E-state index contributed by atoms with van der Waals surface area (Å²) in [6, 6.07) is 7.64. The summed E-state index contributed by atoms with van der Waals surface area (Å²) in [6.07, 6.45) is 0. The number of methoxy groups -OCH3 is 1. The molecule has 0 spiro atoms. The second kappa shape index (κ2) is 7.16. The van der Waals surface area contributed by atoms with Crippen LogP contribution in [0.5, 0.6) is 5.75 Å². The van der Waals surface area contributed by atoms with Gasteiger partial charge in [-0.25, -0.2) is 9.78 Å². The zero-order valence-electron chi connectivity index (χ0n) is 14.2. The maximum Gasteiger partial charge on any atom is 0.376 e. The third-order valence-electron chi connectivity index (χ3n) is 3.60. The highest BCUT2D eigenvalue weighted by atomic mass is 16.5. The number of nitrogens with one attached hydrogen (secondary N) is 1. The number of nitrogens with zero attached hydrogens (tertiary/aromatic N) is 3. The van der Waals surface area contributed by atoms with Gasteiger partial charge >= 0.3 is 5.97 Å². The summed E-state index contributed by atoms with van der Waals surface area (Å²) in [4.78, 5) is 20.3. The molecule has 0 unspecified atom stereocenters. The van der Waals surface area contributed by atoms with Crippen LogP contribution in [0.25, 0.3) is 11.1 Å².